The maximum absolute atomic E-state index is 12.8. The normalized spacial score (nSPS) is 16.7. The van der Waals surface area contributed by atoms with Gasteiger partial charge in [0.2, 0.25) is 0 Å². The van der Waals surface area contributed by atoms with Crippen molar-refractivity contribution < 1.29 is 14.1 Å². The van der Waals surface area contributed by atoms with E-state index in [1.165, 1.54) is 0 Å². The van der Waals surface area contributed by atoms with Crippen LogP contribution in [-0.4, -0.2) is 39.1 Å². The minimum absolute atomic E-state index is 0.0258. The third-order valence-corrected chi connectivity index (χ3v) is 4.66. The number of hydrogen-bond acceptors (Lipinski definition) is 7. The maximum atomic E-state index is 12.8. The second kappa shape index (κ2) is 8.08. The van der Waals surface area contributed by atoms with Crippen LogP contribution in [0.4, 0.5) is 5.82 Å². The lowest BCUT2D eigenvalue weighted by atomic mass is 10.0. The van der Waals surface area contributed by atoms with Gasteiger partial charge in [-0.15, -0.1) is 0 Å². The number of aromatic nitrogens is 3. The van der Waals surface area contributed by atoms with Crippen molar-refractivity contribution in [3.05, 3.63) is 54.4 Å². The molecule has 144 valence electrons. The van der Waals surface area contributed by atoms with Gasteiger partial charge in [0.05, 0.1) is 6.04 Å². The summed E-state index contributed by atoms with van der Waals surface area (Å²) in [6.07, 6.45) is 2.71. The molecule has 1 aromatic carbocycles. The molecule has 0 radical (unpaired) electrons. The molecule has 0 unspecified atom stereocenters. The molecule has 2 N–H and O–H groups in total. The number of nitrogen functional groups attached to an aromatic ring is 1. The van der Waals surface area contributed by atoms with Gasteiger partial charge in [0, 0.05) is 6.54 Å². The van der Waals surface area contributed by atoms with E-state index in [0.29, 0.717) is 35.5 Å². The number of ether oxygens (including phenoxy) is 1. The number of carbonyl (C=O) groups excluding carboxylic acids is 1. The van der Waals surface area contributed by atoms with Gasteiger partial charge in [0.25, 0.3) is 11.8 Å². The minimum Gasteiger partial charge on any atom is -0.484 e. The molecule has 3 heterocycles. The van der Waals surface area contributed by atoms with Crippen LogP contribution in [-0.2, 0) is 4.79 Å². The van der Waals surface area contributed by atoms with Crippen LogP contribution < -0.4 is 10.5 Å². The van der Waals surface area contributed by atoms with Gasteiger partial charge in [-0.1, -0.05) is 29.4 Å². The average molecular weight is 379 g/mol. The fraction of sp³-hybridized carbons (Fsp3) is 0.300. The van der Waals surface area contributed by atoms with Gasteiger partial charge in [-0.2, -0.15) is 4.98 Å². The smallest absolute Gasteiger partial charge is 0.276 e. The highest BCUT2D eigenvalue weighted by Gasteiger charge is 2.32. The zero-order chi connectivity index (χ0) is 19.3. The number of benzene rings is 1. The lowest BCUT2D eigenvalue weighted by Gasteiger charge is -2.33. The van der Waals surface area contributed by atoms with Crippen LogP contribution in [0.15, 0.2) is 53.1 Å². The number of likely N-dealkylation sites (tertiary alicyclic amines) is 1. The van der Waals surface area contributed by atoms with E-state index in [-0.39, 0.29) is 18.6 Å². The van der Waals surface area contributed by atoms with E-state index in [4.69, 9.17) is 15.0 Å². The number of nitrogens with two attached hydrogens (primary N) is 1. The first-order chi connectivity index (χ1) is 13.7. The molecule has 8 nitrogen and oxygen atoms in total. The third kappa shape index (κ3) is 3.95. The number of para-hydroxylation sites is 1. The van der Waals surface area contributed by atoms with Crippen LogP contribution in [0, 0.1) is 0 Å². The Morgan fingerprint density at radius 3 is 2.82 bits per heavy atom. The van der Waals surface area contributed by atoms with E-state index in [0.717, 1.165) is 19.3 Å². The lowest BCUT2D eigenvalue weighted by molar-refractivity contribution is -0.137. The quantitative estimate of drug-likeness (QED) is 0.726. The number of piperidine rings is 1. The SMILES string of the molecule is Nc1cccc(-c2nc([C@H]3CCCCN3C(=O)COc3ccccc3)no2)n1. The molecular formula is C20H21N5O3. The highest BCUT2D eigenvalue weighted by Crippen LogP contribution is 2.30. The minimum atomic E-state index is -0.237. The Bertz CT molecular complexity index is 944. The standard InChI is InChI=1S/C20H21N5O3/c21-17-11-6-9-15(22-17)20-23-19(24-28-20)16-10-4-5-12-25(16)18(26)13-27-14-7-2-1-3-8-14/h1-3,6-9,11,16H,4-5,10,12-13H2,(H2,21,22)/t16-/m1/s1. The molecule has 8 heteroatoms. The van der Waals surface area contributed by atoms with Crippen molar-refractivity contribution in [3.8, 4) is 17.3 Å². The largest absolute Gasteiger partial charge is 0.484 e. The number of hydrogen-bond donors (Lipinski definition) is 1. The fourth-order valence-electron chi connectivity index (χ4n) is 3.29. The first kappa shape index (κ1) is 18.0. The number of carbonyl (C=O) groups is 1. The summed E-state index contributed by atoms with van der Waals surface area (Å²) in [6.45, 7) is 0.615. The average Bonchev–Trinajstić information content (AvgIpc) is 3.23. The summed E-state index contributed by atoms with van der Waals surface area (Å²) < 4.78 is 11.0. The Morgan fingerprint density at radius 2 is 2.00 bits per heavy atom. The van der Waals surface area contributed by atoms with Crippen molar-refractivity contribution in [3.63, 3.8) is 0 Å². The summed E-state index contributed by atoms with van der Waals surface area (Å²) in [5.41, 5.74) is 6.23. The van der Waals surface area contributed by atoms with Crippen LogP contribution in [0.25, 0.3) is 11.6 Å². The predicted octanol–water partition coefficient (Wildman–Crippen LogP) is 2.85. The van der Waals surface area contributed by atoms with E-state index in [2.05, 4.69) is 15.1 Å². The van der Waals surface area contributed by atoms with Crippen LogP contribution in [0.5, 0.6) is 5.75 Å². The van der Waals surface area contributed by atoms with Crippen molar-refractivity contribution in [2.24, 2.45) is 0 Å². The summed E-state index contributed by atoms with van der Waals surface area (Å²) in [7, 11) is 0. The first-order valence-electron chi connectivity index (χ1n) is 9.24. The first-order valence-corrected chi connectivity index (χ1v) is 9.24. The van der Waals surface area contributed by atoms with Crippen molar-refractivity contribution in [1.29, 1.82) is 0 Å². The Morgan fingerprint density at radius 1 is 1.14 bits per heavy atom. The van der Waals surface area contributed by atoms with Crippen molar-refractivity contribution in [2.45, 2.75) is 25.3 Å². The summed E-state index contributed by atoms with van der Waals surface area (Å²) in [5, 5.41) is 4.10. The molecule has 1 saturated heterocycles. The van der Waals surface area contributed by atoms with E-state index >= 15 is 0 Å². The Labute approximate surface area is 162 Å². The predicted molar refractivity (Wildman–Crippen MR) is 102 cm³/mol. The second-order valence-corrected chi connectivity index (χ2v) is 6.61. The van der Waals surface area contributed by atoms with Crippen LogP contribution >= 0.6 is 0 Å². The third-order valence-electron chi connectivity index (χ3n) is 4.66. The molecular weight excluding hydrogens is 358 g/mol. The molecule has 3 aromatic rings. The monoisotopic (exact) mass is 379 g/mol. The zero-order valence-electron chi connectivity index (χ0n) is 15.3. The maximum Gasteiger partial charge on any atom is 0.276 e. The molecule has 0 aliphatic carbocycles. The number of nitrogens with zero attached hydrogens (tertiary/aromatic N) is 4. The van der Waals surface area contributed by atoms with Gasteiger partial charge in [0.15, 0.2) is 12.4 Å². The Kier molecular flexibility index (Phi) is 5.18. The Balaban J connectivity index is 1.48. The highest BCUT2D eigenvalue weighted by atomic mass is 16.5. The molecule has 0 saturated carbocycles. The molecule has 1 fully saturated rings. The van der Waals surface area contributed by atoms with Crippen LogP contribution in [0.3, 0.4) is 0 Å². The molecule has 1 atom stereocenters. The number of amides is 1. The Hall–Kier alpha value is -3.42. The molecule has 0 spiro atoms. The zero-order valence-corrected chi connectivity index (χ0v) is 15.3. The fourth-order valence-corrected chi connectivity index (χ4v) is 3.29. The molecule has 1 aliphatic heterocycles. The lowest BCUT2D eigenvalue weighted by Crippen LogP contribution is -2.41. The molecule has 4 rings (SSSR count). The summed E-state index contributed by atoms with van der Waals surface area (Å²) >= 11 is 0. The second-order valence-electron chi connectivity index (χ2n) is 6.61. The number of pyridine rings is 1. The topological polar surface area (TPSA) is 107 Å². The number of anilines is 1. The van der Waals surface area contributed by atoms with Gasteiger partial charge >= 0.3 is 0 Å². The van der Waals surface area contributed by atoms with Gasteiger partial charge in [-0.3, -0.25) is 4.79 Å². The van der Waals surface area contributed by atoms with Crippen molar-refractivity contribution >= 4 is 11.7 Å². The molecule has 0 bridgehead atoms. The summed E-state index contributed by atoms with van der Waals surface area (Å²) in [6, 6.07) is 14.3. The van der Waals surface area contributed by atoms with E-state index in [1.807, 2.05) is 30.3 Å². The van der Waals surface area contributed by atoms with E-state index in [9.17, 15) is 4.79 Å². The van der Waals surface area contributed by atoms with Gasteiger partial charge in [0.1, 0.15) is 17.3 Å². The molecule has 1 amide bonds. The van der Waals surface area contributed by atoms with Gasteiger partial charge in [-0.05, 0) is 43.5 Å². The van der Waals surface area contributed by atoms with Crippen LogP contribution in [0.2, 0.25) is 0 Å². The van der Waals surface area contributed by atoms with E-state index in [1.54, 1.807) is 23.1 Å². The molecule has 28 heavy (non-hydrogen) atoms. The molecule has 1 aliphatic rings. The van der Waals surface area contributed by atoms with E-state index < -0.39 is 0 Å². The van der Waals surface area contributed by atoms with Crippen LogP contribution in [0.1, 0.15) is 31.1 Å². The van der Waals surface area contributed by atoms with Gasteiger partial charge < -0.3 is 19.9 Å². The van der Waals surface area contributed by atoms with Crippen molar-refractivity contribution in [2.75, 3.05) is 18.9 Å². The molecule has 2 aromatic heterocycles. The van der Waals surface area contributed by atoms with Crippen molar-refractivity contribution in [1.82, 2.24) is 20.0 Å². The summed E-state index contributed by atoms with van der Waals surface area (Å²) in [5.74, 6) is 1.72. The van der Waals surface area contributed by atoms with Gasteiger partial charge in [-0.25, -0.2) is 4.98 Å². The summed E-state index contributed by atoms with van der Waals surface area (Å²) in [4.78, 5) is 23.2. The highest BCUT2D eigenvalue weighted by molar-refractivity contribution is 5.78. The number of rotatable bonds is 5.